The molecule has 0 unspecified atom stereocenters. The Morgan fingerprint density at radius 2 is 1.77 bits per heavy atom. The van der Waals surface area contributed by atoms with Gasteiger partial charge >= 0.3 is 0 Å². The zero-order valence-corrected chi connectivity index (χ0v) is 15.6. The summed E-state index contributed by atoms with van der Waals surface area (Å²) >= 11 is 12.1. The largest absolute Gasteiger partial charge is 0.504 e. The molecule has 1 aromatic heterocycles. The van der Waals surface area contributed by atoms with Crippen LogP contribution in [-0.4, -0.2) is 20.0 Å². The van der Waals surface area contributed by atoms with E-state index in [4.69, 9.17) is 23.2 Å². The third-order valence-corrected chi connectivity index (χ3v) is 4.31. The van der Waals surface area contributed by atoms with Gasteiger partial charge in [0.15, 0.2) is 11.5 Å². The zero-order chi connectivity index (χ0) is 19.0. The fourth-order valence-corrected chi connectivity index (χ4v) is 3.15. The van der Waals surface area contributed by atoms with Crippen molar-refractivity contribution in [2.45, 2.75) is 13.8 Å². The smallest absolute Gasteiger partial charge is 0.279 e. The second-order valence-corrected chi connectivity index (χ2v) is 6.90. The Balaban J connectivity index is 2.36. The minimum atomic E-state index is -0.331. The Bertz CT molecular complexity index is 1150. The number of aromatic hydroxyl groups is 2. The average molecular weight is 391 g/mol. The van der Waals surface area contributed by atoms with E-state index in [0.717, 1.165) is 5.57 Å². The number of nitrogens with zero attached hydrogens (tertiary/aromatic N) is 1. The van der Waals surface area contributed by atoms with Crippen molar-refractivity contribution in [1.29, 1.82) is 0 Å². The summed E-state index contributed by atoms with van der Waals surface area (Å²) in [6, 6.07) is 9.39. The number of phenols is 2. The molecular weight excluding hydrogens is 375 g/mol. The van der Waals surface area contributed by atoms with Gasteiger partial charge in [-0.2, -0.15) is 0 Å². The minimum Gasteiger partial charge on any atom is -0.504 e. The molecule has 3 aromatic rings. The number of rotatable bonds is 2. The van der Waals surface area contributed by atoms with Crippen molar-refractivity contribution in [2.75, 3.05) is 0 Å². The summed E-state index contributed by atoms with van der Waals surface area (Å²) in [6.07, 6.45) is 1.53. The van der Waals surface area contributed by atoms with E-state index in [1.54, 1.807) is 30.3 Å². The van der Waals surface area contributed by atoms with Gasteiger partial charge in [0, 0.05) is 15.6 Å². The standard InChI is InChI=1S/C19H16Cl2N2O3/c1-10(2)17-15(6-11-4-3-5-16(24)18(11)25)19(26)23(22-17)14-8-12(20)7-13(21)9-14/h3-9,22,24-25H,1-2H3. The van der Waals surface area contributed by atoms with Crippen LogP contribution in [0.15, 0.2) is 41.2 Å². The maximum Gasteiger partial charge on any atom is 0.279 e. The minimum absolute atomic E-state index is 0.255. The fraction of sp³-hybridized carbons (Fsp3) is 0.105. The predicted molar refractivity (Wildman–Crippen MR) is 104 cm³/mol. The summed E-state index contributed by atoms with van der Waals surface area (Å²) in [5.41, 5.74) is 1.37. The zero-order valence-electron chi connectivity index (χ0n) is 14.0. The van der Waals surface area contributed by atoms with Crippen LogP contribution in [0.3, 0.4) is 0 Å². The Kier molecular flexibility index (Phi) is 4.85. The number of H-pyrrole nitrogens is 1. The molecule has 0 fully saturated rings. The number of halogens is 2. The molecule has 7 heteroatoms. The van der Waals surface area contributed by atoms with Crippen molar-refractivity contribution in [3.05, 3.63) is 72.9 Å². The molecule has 0 saturated carbocycles. The summed E-state index contributed by atoms with van der Waals surface area (Å²) in [5, 5.41) is 24.5. The van der Waals surface area contributed by atoms with Gasteiger partial charge in [0.25, 0.3) is 5.56 Å². The van der Waals surface area contributed by atoms with Crippen LogP contribution >= 0.6 is 23.2 Å². The number of para-hydroxylation sites is 1. The van der Waals surface area contributed by atoms with Crippen molar-refractivity contribution in [3.8, 4) is 17.2 Å². The average Bonchev–Trinajstić information content (AvgIpc) is 2.88. The highest BCUT2D eigenvalue weighted by Crippen LogP contribution is 2.28. The fourth-order valence-electron chi connectivity index (χ4n) is 2.64. The number of hydrogen-bond donors (Lipinski definition) is 3. The lowest BCUT2D eigenvalue weighted by Crippen LogP contribution is -2.35. The number of nitrogens with one attached hydrogen (secondary N) is 1. The summed E-state index contributed by atoms with van der Waals surface area (Å²) in [5.74, 6) is -0.542. The van der Waals surface area contributed by atoms with Crippen LogP contribution in [0, 0.1) is 0 Å². The second kappa shape index (κ2) is 6.94. The summed E-state index contributed by atoms with van der Waals surface area (Å²) in [4.78, 5) is 13.0. The molecule has 0 amide bonds. The molecule has 26 heavy (non-hydrogen) atoms. The first-order valence-corrected chi connectivity index (χ1v) is 8.51. The van der Waals surface area contributed by atoms with Gasteiger partial charge in [-0.25, -0.2) is 4.68 Å². The molecule has 0 aliphatic rings. The van der Waals surface area contributed by atoms with Crippen LogP contribution in [0.2, 0.25) is 10.0 Å². The van der Waals surface area contributed by atoms with Crippen molar-refractivity contribution in [2.24, 2.45) is 0 Å². The molecule has 0 saturated heterocycles. The molecule has 0 spiro atoms. The van der Waals surface area contributed by atoms with Crippen molar-refractivity contribution >= 4 is 34.9 Å². The molecule has 3 N–H and O–H groups in total. The van der Waals surface area contributed by atoms with Gasteiger partial charge in [-0.1, -0.05) is 40.9 Å². The monoisotopic (exact) mass is 390 g/mol. The van der Waals surface area contributed by atoms with E-state index in [0.29, 0.717) is 31.9 Å². The first kappa shape index (κ1) is 18.2. The van der Waals surface area contributed by atoms with Gasteiger partial charge in [-0.3, -0.25) is 9.89 Å². The van der Waals surface area contributed by atoms with Gasteiger partial charge in [-0.05, 0) is 44.2 Å². The number of hydrogen-bond acceptors (Lipinski definition) is 3. The van der Waals surface area contributed by atoms with Crippen LogP contribution in [0.5, 0.6) is 11.5 Å². The van der Waals surface area contributed by atoms with E-state index in [1.807, 2.05) is 13.8 Å². The maximum absolute atomic E-state index is 13.0. The topological polar surface area (TPSA) is 78.2 Å². The van der Waals surface area contributed by atoms with E-state index < -0.39 is 0 Å². The van der Waals surface area contributed by atoms with Gasteiger partial charge in [0.1, 0.15) is 0 Å². The molecule has 0 atom stereocenters. The van der Waals surface area contributed by atoms with Crippen LogP contribution < -0.4 is 16.1 Å². The van der Waals surface area contributed by atoms with Gasteiger partial charge in [-0.15, -0.1) is 0 Å². The number of benzene rings is 2. The molecule has 0 aliphatic carbocycles. The molecule has 134 valence electrons. The lowest BCUT2D eigenvalue weighted by atomic mass is 10.1. The molecule has 5 nitrogen and oxygen atoms in total. The third-order valence-electron chi connectivity index (χ3n) is 3.88. The van der Waals surface area contributed by atoms with Crippen LogP contribution in [0.1, 0.15) is 19.4 Å². The summed E-state index contributed by atoms with van der Waals surface area (Å²) in [6.45, 7) is 3.72. The van der Waals surface area contributed by atoms with E-state index in [2.05, 4.69) is 5.10 Å². The predicted octanol–water partition coefficient (Wildman–Crippen LogP) is 2.90. The third kappa shape index (κ3) is 3.36. The highest BCUT2D eigenvalue weighted by Gasteiger charge is 2.10. The molecular formula is C19H16Cl2N2O3. The van der Waals surface area contributed by atoms with E-state index in [9.17, 15) is 15.0 Å². The second-order valence-electron chi connectivity index (χ2n) is 6.03. The Labute approximate surface area is 159 Å². The molecule has 1 heterocycles. The molecule has 2 aromatic carbocycles. The van der Waals surface area contributed by atoms with Gasteiger partial charge in [0.2, 0.25) is 0 Å². The van der Waals surface area contributed by atoms with Crippen LogP contribution in [0.25, 0.3) is 17.3 Å². The highest BCUT2D eigenvalue weighted by atomic mass is 35.5. The van der Waals surface area contributed by atoms with E-state index in [1.165, 1.54) is 16.8 Å². The summed E-state index contributed by atoms with van der Waals surface area (Å²) < 4.78 is 1.34. The SMILES string of the molecule is CC(C)=c1[nH]n(-c2cc(Cl)cc(Cl)c2)c(=O)c1=Cc1cccc(O)c1O. The van der Waals surface area contributed by atoms with Gasteiger partial charge in [0.05, 0.1) is 16.3 Å². The number of phenolic OH excluding ortho intramolecular Hbond substituents is 2. The summed E-state index contributed by atoms with van der Waals surface area (Å²) in [7, 11) is 0. The lowest BCUT2D eigenvalue weighted by Gasteiger charge is -2.03. The molecule has 0 aliphatic heterocycles. The first-order valence-electron chi connectivity index (χ1n) is 7.75. The van der Waals surface area contributed by atoms with Crippen LogP contribution in [0.4, 0.5) is 0 Å². The van der Waals surface area contributed by atoms with E-state index >= 15 is 0 Å². The van der Waals surface area contributed by atoms with Crippen LogP contribution in [-0.2, 0) is 0 Å². The molecule has 3 rings (SSSR count). The lowest BCUT2D eigenvalue weighted by molar-refractivity contribution is 0.403. The normalized spacial score (nSPS) is 11.8. The van der Waals surface area contributed by atoms with Gasteiger partial charge < -0.3 is 10.2 Å². The highest BCUT2D eigenvalue weighted by molar-refractivity contribution is 6.34. The van der Waals surface area contributed by atoms with E-state index in [-0.39, 0.29) is 17.1 Å². The molecule has 0 bridgehead atoms. The number of aromatic amines is 1. The Morgan fingerprint density at radius 1 is 1.12 bits per heavy atom. The Hall–Kier alpha value is -2.63. The van der Waals surface area contributed by atoms with Crippen molar-refractivity contribution in [3.63, 3.8) is 0 Å². The Morgan fingerprint density at radius 3 is 2.38 bits per heavy atom. The maximum atomic E-state index is 13.0. The quantitative estimate of drug-likeness (QED) is 0.588. The number of aromatic nitrogens is 2. The van der Waals surface area contributed by atoms with Crippen molar-refractivity contribution in [1.82, 2.24) is 9.78 Å². The first-order chi connectivity index (χ1) is 12.3. The molecule has 0 radical (unpaired) electrons. The van der Waals surface area contributed by atoms with Crippen molar-refractivity contribution < 1.29 is 10.2 Å².